The van der Waals surface area contributed by atoms with Crippen LogP contribution in [-0.2, 0) is 25.7 Å². The van der Waals surface area contributed by atoms with Crippen LogP contribution in [0.2, 0.25) is 0 Å². The van der Waals surface area contributed by atoms with Gasteiger partial charge in [-0.3, -0.25) is 0 Å². The SMILES string of the molecule is Cc1ccc(-c2ccc(C(=O)Oc3ccc4c(c3-c3c(OC(=O)c5ccc(-c6ccc(-c7ccc(C)cc7)cc6)cc5)ccc5c3CCCC5)CCCC4)cc2)cc1. The van der Waals surface area contributed by atoms with Crippen LogP contribution < -0.4 is 9.47 Å². The molecule has 58 heavy (non-hydrogen) atoms. The molecule has 286 valence electrons. The van der Waals surface area contributed by atoms with Crippen LogP contribution in [0.25, 0.3) is 44.5 Å². The van der Waals surface area contributed by atoms with Gasteiger partial charge >= 0.3 is 11.9 Å². The van der Waals surface area contributed by atoms with E-state index in [9.17, 15) is 9.59 Å². The molecule has 2 aliphatic rings. The van der Waals surface area contributed by atoms with Crippen LogP contribution >= 0.6 is 0 Å². The lowest BCUT2D eigenvalue weighted by atomic mass is 9.80. The van der Waals surface area contributed by atoms with E-state index in [1.165, 1.54) is 38.9 Å². The minimum absolute atomic E-state index is 0.416. The normalized spacial score (nSPS) is 13.3. The number of carbonyl (C=O) groups is 2. The number of benzene rings is 7. The molecule has 0 N–H and O–H groups in total. The molecule has 0 heterocycles. The Bertz CT molecular complexity index is 2620. The minimum atomic E-state index is -0.421. The summed E-state index contributed by atoms with van der Waals surface area (Å²) in [6.45, 7) is 4.17. The molecule has 0 radical (unpaired) electrons. The quantitative estimate of drug-likeness (QED) is 0.114. The van der Waals surface area contributed by atoms with Gasteiger partial charge in [0.25, 0.3) is 0 Å². The molecular weight excluding hydrogens is 713 g/mol. The van der Waals surface area contributed by atoms with Crippen LogP contribution in [0.5, 0.6) is 11.5 Å². The lowest BCUT2D eigenvalue weighted by molar-refractivity contribution is 0.0723. The van der Waals surface area contributed by atoms with Crippen molar-refractivity contribution in [1.29, 1.82) is 0 Å². The molecule has 0 fully saturated rings. The summed E-state index contributed by atoms with van der Waals surface area (Å²) in [7, 11) is 0. The van der Waals surface area contributed by atoms with Crippen molar-refractivity contribution in [1.82, 2.24) is 0 Å². The fraction of sp³-hybridized carbons (Fsp3) is 0.185. The molecule has 0 unspecified atom stereocenters. The molecule has 4 nitrogen and oxygen atoms in total. The monoisotopic (exact) mass is 758 g/mol. The highest BCUT2D eigenvalue weighted by Gasteiger charge is 2.28. The summed E-state index contributed by atoms with van der Waals surface area (Å²) in [4.78, 5) is 27.9. The summed E-state index contributed by atoms with van der Waals surface area (Å²) >= 11 is 0. The number of hydrogen-bond acceptors (Lipinski definition) is 4. The molecule has 0 amide bonds. The molecule has 0 atom stereocenters. The largest absolute Gasteiger partial charge is 0.422 e. The number of carbonyl (C=O) groups excluding carboxylic acids is 2. The zero-order valence-corrected chi connectivity index (χ0v) is 33.1. The fourth-order valence-corrected chi connectivity index (χ4v) is 8.59. The van der Waals surface area contributed by atoms with E-state index in [1.54, 1.807) is 0 Å². The highest BCUT2D eigenvalue weighted by molar-refractivity contribution is 5.96. The van der Waals surface area contributed by atoms with Gasteiger partial charge in [-0.1, -0.05) is 120 Å². The summed E-state index contributed by atoms with van der Waals surface area (Å²) in [6, 6.07) is 48.7. The lowest BCUT2D eigenvalue weighted by Crippen LogP contribution is -2.15. The van der Waals surface area contributed by atoms with Crippen LogP contribution in [-0.4, -0.2) is 11.9 Å². The van der Waals surface area contributed by atoms with Crippen molar-refractivity contribution in [3.63, 3.8) is 0 Å². The highest BCUT2D eigenvalue weighted by Crippen LogP contribution is 2.47. The molecule has 7 aromatic rings. The molecule has 0 aliphatic heterocycles. The van der Waals surface area contributed by atoms with Gasteiger partial charge in [0.1, 0.15) is 11.5 Å². The Morgan fingerprint density at radius 3 is 1.00 bits per heavy atom. The second-order valence-corrected chi connectivity index (χ2v) is 15.8. The first kappa shape index (κ1) is 37.1. The predicted octanol–water partition coefficient (Wildman–Crippen LogP) is 13.2. The third-order valence-electron chi connectivity index (χ3n) is 11.9. The van der Waals surface area contributed by atoms with E-state index in [1.807, 2.05) is 60.7 Å². The van der Waals surface area contributed by atoms with Gasteiger partial charge in [0.05, 0.1) is 11.1 Å². The van der Waals surface area contributed by atoms with Crippen molar-refractivity contribution in [3.8, 4) is 56.0 Å². The summed E-state index contributed by atoms with van der Waals surface area (Å²) in [5.41, 5.74) is 16.6. The Morgan fingerprint density at radius 1 is 0.362 bits per heavy atom. The molecule has 4 heteroatoms. The fourth-order valence-electron chi connectivity index (χ4n) is 8.59. The predicted molar refractivity (Wildman–Crippen MR) is 234 cm³/mol. The van der Waals surface area contributed by atoms with Crippen LogP contribution in [0.4, 0.5) is 0 Å². The van der Waals surface area contributed by atoms with Gasteiger partial charge in [0, 0.05) is 11.1 Å². The van der Waals surface area contributed by atoms with Crippen molar-refractivity contribution in [3.05, 3.63) is 190 Å². The molecular formula is C54H46O4. The van der Waals surface area contributed by atoms with Crippen molar-refractivity contribution >= 4 is 11.9 Å². The van der Waals surface area contributed by atoms with E-state index in [2.05, 4.69) is 98.8 Å². The van der Waals surface area contributed by atoms with Crippen molar-refractivity contribution < 1.29 is 19.1 Å². The third-order valence-corrected chi connectivity index (χ3v) is 11.9. The molecule has 2 aliphatic carbocycles. The van der Waals surface area contributed by atoms with E-state index >= 15 is 0 Å². The summed E-state index contributed by atoms with van der Waals surface area (Å²) in [5.74, 6) is 0.165. The van der Waals surface area contributed by atoms with Crippen molar-refractivity contribution in [2.45, 2.75) is 65.2 Å². The Labute approximate surface area is 341 Å². The molecule has 9 rings (SSSR count). The number of esters is 2. The van der Waals surface area contributed by atoms with Crippen LogP contribution in [0, 0.1) is 13.8 Å². The molecule has 0 saturated heterocycles. The van der Waals surface area contributed by atoms with Crippen LogP contribution in [0.3, 0.4) is 0 Å². The average Bonchev–Trinajstić information content (AvgIpc) is 3.27. The van der Waals surface area contributed by atoms with Crippen LogP contribution in [0.1, 0.15) is 79.8 Å². The maximum Gasteiger partial charge on any atom is 0.343 e. The number of ether oxygens (including phenoxy) is 2. The summed E-state index contributed by atoms with van der Waals surface area (Å²) in [6.07, 6.45) is 7.96. The van der Waals surface area contributed by atoms with Gasteiger partial charge in [-0.15, -0.1) is 0 Å². The first-order valence-electron chi connectivity index (χ1n) is 20.6. The van der Waals surface area contributed by atoms with E-state index in [4.69, 9.17) is 9.47 Å². The maximum absolute atomic E-state index is 14.0. The molecule has 0 bridgehead atoms. The molecule has 7 aromatic carbocycles. The first-order chi connectivity index (χ1) is 28.4. The Hall–Kier alpha value is -6.52. The van der Waals surface area contributed by atoms with Gasteiger partial charge < -0.3 is 9.47 Å². The first-order valence-corrected chi connectivity index (χ1v) is 20.6. The van der Waals surface area contributed by atoms with E-state index < -0.39 is 11.9 Å². The average molecular weight is 759 g/mol. The molecule has 0 aromatic heterocycles. The van der Waals surface area contributed by atoms with Crippen molar-refractivity contribution in [2.75, 3.05) is 0 Å². The van der Waals surface area contributed by atoms with Gasteiger partial charge in [0.2, 0.25) is 0 Å². The molecule has 0 spiro atoms. The van der Waals surface area contributed by atoms with Gasteiger partial charge in [-0.2, -0.15) is 0 Å². The summed E-state index contributed by atoms with van der Waals surface area (Å²) in [5, 5.41) is 0. The van der Waals surface area contributed by atoms with Gasteiger partial charge in [-0.25, -0.2) is 9.59 Å². The number of aryl methyl sites for hydroxylation is 4. The number of hydrogen-bond donors (Lipinski definition) is 0. The van der Waals surface area contributed by atoms with E-state index in [-0.39, 0.29) is 0 Å². The zero-order valence-electron chi connectivity index (χ0n) is 33.1. The standard InChI is InChI=1S/C54H46O4/c1-35-11-15-37(16-12-35)39-19-21-40(22-20-39)42-25-29-46(30-26-42)54(56)58-50-34-32-44-8-4-6-10-48(44)52(50)51-47-9-5-3-7-43(47)31-33-49(51)57-53(55)45-27-23-41(24-28-45)38-17-13-36(2)14-18-38/h11-34H,3-10H2,1-2H3. The third kappa shape index (κ3) is 7.63. The molecule has 0 saturated carbocycles. The van der Waals surface area contributed by atoms with Crippen molar-refractivity contribution in [2.24, 2.45) is 0 Å². The van der Waals surface area contributed by atoms with Crippen LogP contribution in [0.15, 0.2) is 146 Å². The highest BCUT2D eigenvalue weighted by atomic mass is 16.5. The second kappa shape index (κ2) is 16.1. The number of fused-ring (bicyclic) bond motifs is 2. The Balaban J connectivity index is 1.02. The van der Waals surface area contributed by atoms with E-state index in [0.29, 0.717) is 22.6 Å². The number of rotatable bonds is 8. The van der Waals surface area contributed by atoms with Gasteiger partial charge in [0.15, 0.2) is 0 Å². The maximum atomic E-state index is 14.0. The smallest absolute Gasteiger partial charge is 0.343 e. The van der Waals surface area contributed by atoms with Gasteiger partial charge in [-0.05, 0) is 157 Å². The zero-order chi connectivity index (χ0) is 39.6. The van der Waals surface area contributed by atoms with E-state index in [0.717, 1.165) is 90.3 Å². The lowest BCUT2D eigenvalue weighted by Gasteiger charge is -2.27. The topological polar surface area (TPSA) is 52.6 Å². The summed E-state index contributed by atoms with van der Waals surface area (Å²) < 4.78 is 12.8. The minimum Gasteiger partial charge on any atom is -0.422 e. The Morgan fingerprint density at radius 2 is 0.655 bits per heavy atom. The Kier molecular flexibility index (Phi) is 10.3. The second-order valence-electron chi connectivity index (χ2n) is 15.8.